The largest absolute Gasteiger partial charge is 0.369 e. The Kier molecular flexibility index (Phi) is 3.89. The Hall–Kier alpha value is -1.93. The first kappa shape index (κ1) is 14.0. The number of piperidine rings is 1. The molecule has 2 aliphatic rings. The van der Waals surface area contributed by atoms with Crippen molar-refractivity contribution in [3.8, 4) is 6.07 Å². The molecule has 21 heavy (non-hydrogen) atoms. The van der Waals surface area contributed by atoms with Crippen LogP contribution in [0.15, 0.2) is 18.2 Å². The Balaban J connectivity index is 1.75. The lowest BCUT2D eigenvalue weighted by Gasteiger charge is -2.38. The molecule has 110 valence electrons. The predicted octanol–water partition coefficient (Wildman–Crippen LogP) is 2.21. The van der Waals surface area contributed by atoms with E-state index in [4.69, 9.17) is 16.9 Å². The van der Waals surface area contributed by atoms with Gasteiger partial charge in [-0.05, 0) is 31.0 Å². The number of rotatable bonds is 2. The molecule has 5 nitrogen and oxygen atoms in total. The number of anilines is 1. The number of nitrogens with one attached hydrogen (secondary N) is 1. The van der Waals surface area contributed by atoms with Gasteiger partial charge in [-0.25, -0.2) is 4.79 Å². The van der Waals surface area contributed by atoms with Gasteiger partial charge in [-0.15, -0.1) is 0 Å². The number of carbonyl (C=O) groups excluding carboxylic acids is 1. The van der Waals surface area contributed by atoms with Crippen molar-refractivity contribution in [3.63, 3.8) is 0 Å². The second kappa shape index (κ2) is 5.82. The lowest BCUT2D eigenvalue weighted by Crippen LogP contribution is -2.49. The van der Waals surface area contributed by atoms with Crippen molar-refractivity contribution in [2.24, 2.45) is 0 Å². The Morgan fingerprint density at radius 1 is 1.38 bits per heavy atom. The molecule has 2 aliphatic heterocycles. The normalized spacial score (nSPS) is 22.1. The summed E-state index contributed by atoms with van der Waals surface area (Å²) in [5.41, 5.74) is 1.51. The zero-order valence-electron chi connectivity index (χ0n) is 11.7. The van der Waals surface area contributed by atoms with Crippen LogP contribution in [0.1, 0.15) is 18.4 Å². The molecular formula is C15H17ClN4O. The fourth-order valence-corrected chi connectivity index (χ4v) is 3.29. The maximum Gasteiger partial charge on any atom is 0.317 e. The lowest BCUT2D eigenvalue weighted by atomic mass is 10.0. The molecule has 0 bridgehead atoms. The summed E-state index contributed by atoms with van der Waals surface area (Å²) in [4.78, 5) is 16.0. The number of hydrogen-bond donors (Lipinski definition) is 1. The molecular weight excluding hydrogens is 288 g/mol. The van der Waals surface area contributed by atoms with Gasteiger partial charge in [0.15, 0.2) is 0 Å². The Labute approximate surface area is 129 Å². The average Bonchev–Trinajstić information content (AvgIpc) is 2.93. The quantitative estimate of drug-likeness (QED) is 0.911. The predicted molar refractivity (Wildman–Crippen MR) is 81.5 cm³/mol. The summed E-state index contributed by atoms with van der Waals surface area (Å²) in [6, 6.07) is 7.88. The number of nitriles is 1. The molecule has 1 N–H and O–H groups in total. The van der Waals surface area contributed by atoms with E-state index in [0.717, 1.165) is 44.7 Å². The summed E-state index contributed by atoms with van der Waals surface area (Å²) in [7, 11) is 0. The summed E-state index contributed by atoms with van der Waals surface area (Å²) in [5, 5.41) is 12.3. The van der Waals surface area contributed by atoms with Crippen molar-refractivity contribution in [2.75, 3.05) is 31.1 Å². The van der Waals surface area contributed by atoms with Crippen LogP contribution in [0.4, 0.5) is 10.5 Å². The molecule has 2 fully saturated rings. The van der Waals surface area contributed by atoms with Crippen LogP contribution in [-0.2, 0) is 0 Å². The third kappa shape index (κ3) is 2.77. The molecule has 3 rings (SSSR count). The van der Waals surface area contributed by atoms with Crippen LogP contribution < -0.4 is 10.2 Å². The first-order valence-electron chi connectivity index (χ1n) is 7.18. The molecule has 1 aromatic carbocycles. The summed E-state index contributed by atoms with van der Waals surface area (Å²) in [6.07, 6.45) is 2.08. The summed E-state index contributed by atoms with van der Waals surface area (Å²) in [5.74, 6) is 0. The number of carbonyl (C=O) groups is 1. The number of nitrogens with zero attached hydrogens (tertiary/aromatic N) is 3. The van der Waals surface area contributed by atoms with Crippen LogP contribution in [0.2, 0.25) is 5.02 Å². The van der Waals surface area contributed by atoms with Gasteiger partial charge in [0.25, 0.3) is 0 Å². The number of amides is 2. The van der Waals surface area contributed by atoms with Gasteiger partial charge < -0.3 is 15.1 Å². The van der Waals surface area contributed by atoms with Crippen LogP contribution in [0.25, 0.3) is 0 Å². The number of benzene rings is 1. The highest BCUT2D eigenvalue weighted by Crippen LogP contribution is 2.27. The van der Waals surface area contributed by atoms with Gasteiger partial charge in [-0.1, -0.05) is 11.6 Å². The molecule has 0 spiro atoms. The third-order valence-electron chi connectivity index (χ3n) is 4.17. The first-order chi connectivity index (χ1) is 10.2. The van der Waals surface area contributed by atoms with Gasteiger partial charge in [0.2, 0.25) is 0 Å². The van der Waals surface area contributed by atoms with Gasteiger partial charge in [0.1, 0.15) is 6.07 Å². The highest BCUT2D eigenvalue weighted by Gasteiger charge is 2.31. The van der Waals surface area contributed by atoms with Gasteiger partial charge in [0, 0.05) is 31.9 Å². The van der Waals surface area contributed by atoms with E-state index >= 15 is 0 Å². The maximum atomic E-state index is 11.8. The van der Waals surface area contributed by atoms with E-state index in [-0.39, 0.29) is 12.1 Å². The third-order valence-corrected chi connectivity index (χ3v) is 4.48. The Bertz CT molecular complexity index is 598. The van der Waals surface area contributed by atoms with Gasteiger partial charge in [0.05, 0.1) is 16.6 Å². The van der Waals surface area contributed by atoms with E-state index in [9.17, 15) is 4.79 Å². The minimum atomic E-state index is 0.0414. The van der Waals surface area contributed by atoms with Crippen molar-refractivity contribution in [1.29, 1.82) is 5.26 Å². The minimum Gasteiger partial charge on any atom is -0.369 e. The molecule has 0 unspecified atom stereocenters. The van der Waals surface area contributed by atoms with Crippen LogP contribution in [-0.4, -0.2) is 43.2 Å². The second-order valence-corrected chi connectivity index (χ2v) is 5.85. The molecule has 2 heterocycles. The standard InChI is InChI=1S/C15H17ClN4O/c16-14-8-12(4-3-11(14)9-17)19-6-1-2-13(10-19)20-7-5-18-15(20)21/h3-4,8,13H,1-2,5-7,10H2,(H,18,21)/t13-/m0/s1. The van der Waals surface area contributed by atoms with E-state index in [1.807, 2.05) is 17.0 Å². The van der Waals surface area contributed by atoms with Crippen LogP contribution in [0, 0.1) is 11.3 Å². The van der Waals surface area contributed by atoms with E-state index in [1.54, 1.807) is 6.07 Å². The van der Waals surface area contributed by atoms with Crippen molar-refractivity contribution in [2.45, 2.75) is 18.9 Å². The van der Waals surface area contributed by atoms with Crippen LogP contribution in [0.5, 0.6) is 0 Å². The van der Waals surface area contributed by atoms with E-state index in [0.29, 0.717) is 10.6 Å². The fraction of sp³-hybridized carbons (Fsp3) is 0.467. The maximum absolute atomic E-state index is 11.8. The van der Waals surface area contributed by atoms with Crippen LogP contribution in [0.3, 0.4) is 0 Å². The van der Waals surface area contributed by atoms with E-state index in [2.05, 4.69) is 16.3 Å². The van der Waals surface area contributed by atoms with Crippen molar-refractivity contribution < 1.29 is 4.79 Å². The molecule has 0 radical (unpaired) electrons. The Morgan fingerprint density at radius 2 is 2.24 bits per heavy atom. The molecule has 2 amide bonds. The molecule has 2 saturated heterocycles. The second-order valence-electron chi connectivity index (χ2n) is 5.44. The highest BCUT2D eigenvalue weighted by molar-refractivity contribution is 6.32. The smallest absolute Gasteiger partial charge is 0.317 e. The summed E-state index contributed by atoms with van der Waals surface area (Å²) >= 11 is 6.11. The molecule has 1 aromatic rings. The lowest BCUT2D eigenvalue weighted by molar-refractivity contribution is 0.189. The van der Waals surface area contributed by atoms with E-state index in [1.165, 1.54) is 0 Å². The van der Waals surface area contributed by atoms with Gasteiger partial charge in [-0.3, -0.25) is 0 Å². The van der Waals surface area contributed by atoms with Crippen molar-refractivity contribution in [3.05, 3.63) is 28.8 Å². The fourth-order valence-electron chi connectivity index (χ4n) is 3.07. The molecule has 6 heteroatoms. The number of urea groups is 1. The summed E-state index contributed by atoms with van der Waals surface area (Å²) < 4.78 is 0. The zero-order valence-corrected chi connectivity index (χ0v) is 12.4. The number of halogens is 1. The Morgan fingerprint density at radius 3 is 2.90 bits per heavy atom. The van der Waals surface area contributed by atoms with Crippen molar-refractivity contribution in [1.82, 2.24) is 10.2 Å². The van der Waals surface area contributed by atoms with Crippen molar-refractivity contribution >= 4 is 23.3 Å². The average molecular weight is 305 g/mol. The topological polar surface area (TPSA) is 59.4 Å². The molecule has 1 atom stereocenters. The zero-order chi connectivity index (χ0) is 14.8. The van der Waals surface area contributed by atoms with E-state index < -0.39 is 0 Å². The van der Waals surface area contributed by atoms with Gasteiger partial charge in [-0.2, -0.15) is 5.26 Å². The highest BCUT2D eigenvalue weighted by atomic mass is 35.5. The minimum absolute atomic E-state index is 0.0414. The molecule has 0 saturated carbocycles. The molecule has 0 aliphatic carbocycles. The number of hydrogen-bond acceptors (Lipinski definition) is 3. The molecule has 0 aromatic heterocycles. The summed E-state index contributed by atoms with van der Waals surface area (Å²) in [6.45, 7) is 3.29. The first-order valence-corrected chi connectivity index (χ1v) is 7.56. The SMILES string of the molecule is N#Cc1ccc(N2CCC[C@H](N3CCNC3=O)C2)cc1Cl. The monoisotopic (exact) mass is 304 g/mol. The van der Waals surface area contributed by atoms with Crippen LogP contribution >= 0.6 is 11.6 Å². The van der Waals surface area contributed by atoms with Gasteiger partial charge >= 0.3 is 6.03 Å².